The van der Waals surface area contributed by atoms with Gasteiger partial charge in [-0.1, -0.05) is 67.6 Å². The van der Waals surface area contributed by atoms with Crippen LogP contribution in [0.3, 0.4) is 0 Å². The van der Waals surface area contributed by atoms with Crippen LogP contribution in [-0.2, 0) is 22.3 Å². The number of nitrogens with one attached hydrogen (secondary N) is 2. The average molecular weight is 384 g/mol. The summed E-state index contributed by atoms with van der Waals surface area (Å²) in [6.45, 7) is 5.86. The highest BCUT2D eigenvalue weighted by atomic mass is 16.6. The van der Waals surface area contributed by atoms with Crippen molar-refractivity contribution < 1.29 is 19.1 Å². The molecule has 0 fully saturated rings. The van der Waals surface area contributed by atoms with E-state index in [2.05, 4.69) is 10.9 Å². The Hall–Kier alpha value is -3.02. The number of rotatable bonds is 7. The highest BCUT2D eigenvalue weighted by Crippen LogP contribution is 2.17. The minimum absolute atomic E-state index is 0.157. The van der Waals surface area contributed by atoms with E-state index in [1.54, 1.807) is 0 Å². The Kier molecular flexibility index (Phi) is 7.87. The molecule has 28 heavy (non-hydrogen) atoms. The minimum Gasteiger partial charge on any atom is -0.448 e. The Labute approximate surface area is 166 Å². The van der Waals surface area contributed by atoms with E-state index >= 15 is 0 Å². The van der Waals surface area contributed by atoms with E-state index in [4.69, 9.17) is 9.47 Å². The van der Waals surface area contributed by atoms with E-state index in [1.165, 1.54) is 5.56 Å². The number of carbonyl (C=O) groups excluding carboxylic acids is 2. The van der Waals surface area contributed by atoms with Crippen molar-refractivity contribution in [1.82, 2.24) is 10.9 Å². The van der Waals surface area contributed by atoms with Crippen LogP contribution in [0, 0.1) is 5.92 Å². The standard InChI is InChI=1S/C22H28N2O4/c1-17(14-18-10-6-4-7-11-18)16-27-20(25)23-24-21(26)28-22(2,3)15-19-12-8-5-9-13-19/h4-13,17H,14-16H2,1-3H3,(H,23,25)(H,24,26). The third-order valence-corrected chi connectivity index (χ3v) is 4.03. The van der Waals surface area contributed by atoms with Crippen molar-refractivity contribution in [2.75, 3.05) is 6.61 Å². The molecule has 0 aromatic heterocycles. The van der Waals surface area contributed by atoms with E-state index in [9.17, 15) is 9.59 Å². The van der Waals surface area contributed by atoms with Gasteiger partial charge >= 0.3 is 12.2 Å². The van der Waals surface area contributed by atoms with Gasteiger partial charge in [0.2, 0.25) is 0 Å². The Morgan fingerprint density at radius 1 is 0.893 bits per heavy atom. The lowest BCUT2D eigenvalue weighted by molar-refractivity contribution is 0.0356. The van der Waals surface area contributed by atoms with Crippen molar-refractivity contribution in [3.63, 3.8) is 0 Å². The molecule has 0 bridgehead atoms. The van der Waals surface area contributed by atoms with Gasteiger partial charge in [0.15, 0.2) is 0 Å². The molecule has 2 amide bonds. The van der Waals surface area contributed by atoms with Crippen LogP contribution in [0.15, 0.2) is 60.7 Å². The molecule has 0 aliphatic carbocycles. The number of amides is 2. The van der Waals surface area contributed by atoms with Crippen LogP contribution >= 0.6 is 0 Å². The lowest BCUT2D eigenvalue weighted by Crippen LogP contribution is -2.45. The fourth-order valence-corrected chi connectivity index (χ4v) is 2.83. The predicted molar refractivity (Wildman–Crippen MR) is 108 cm³/mol. The van der Waals surface area contributed by atoms with Gasteiger partial charge in [0.25, 0.3) is 0 Å². The summed E-state index contributed by atoms with van der Waals surface area (Å²) in [6.07, 6.45) is -0.104. The van der Waals surface area contributed by atoms with Crippen LogP contribution in [0.2, 0.25) is 0 Å². The molecular weight excluding hydrogens is 356 g/mol. The normalized spacial score (nSPS) is 12.0. The van der Waals surface area contributed by atoms with E-state index < -0.39 is 17.8 Å². The maximum atomic E-state index is 11.9. The maximum Gasteiger partial charge on any atom is 0.426 e. The summed E-state index contributed by atoms with van der Waals surface area (Å²) in [5.74, 6) is 0.157. The lowest BCUT2D eigenvalue weighted by atomic mass is 9.98. The molecule has 2 aromatic carbocycles. The second kappa shape index (κ2) is 10.3. The third kappa shape index (κ3) is 8.12. The summed E-state index contributed by atoms with van der Waals surface area (Å²) in [6, 6.07) is 19.7. The monoisotopic (exact) mass is 384 g/mol. The van der Waals surface area contributed by atoms with Crippen molar-refractivity contribution in [2.24, 2.45) is 5.92 Å². The van der Waals surface area contributed by atoms with Crippen LogP contribution in [0.25, 0.3) is 0 Å². The molecule has 6 heteroatoms. The van der Waals surface area contributed by atoms with Crippen molar-refractivity contribution in [2.45, 2.75) is 39.2 Å². The van der Waals surface area contributed by atoms with E-state index in [1.807, 2.05) is 81.4 Å². The van der Waals surface area contributed by atoms with Gasteiger partial charge in [0.05, 0.1) is 6.61 Å². The zero-order valence-electron chi connectivity index (χ0n) is 16.6. The average Bonchev–Trinajstić information content (AvgIpc) is 2.65. The molecule has 0 saturated heterocycles. The number of hydrazine groups is 1. The molecule has 2 rings (SSSR count). The van der Waals surface area contributed by atoms with Crippen molar-refractivity contribution in [3.8, 4) is 0 Å². The van der Waals surface area contributed by atoms with Crippen LogP contribution < -0.4 is 10.9 Å². The zero-order valence-corrected chi connectivity index (χ0v) is 16.6. The number of hydrogen-bond donors (Lipinski definition) is 2. The van der Waals surface area contributed by atoms with Gasteiger partial charge < -0.3 is 9.47 Å². The highest BCUT2D eigenvalue weighted by molar-refractivity contribution is 5.73. The number of carbonyl (C=O) groups is 2. The zero-order chi connectivity index (χ0) is 20.4. The van der Waals surface area contributed by atoms with Gasteiger partial charge in [-0.25, -0.2) is 20.4 Å². The second-order valence-electron chi connectivity index (χ2n) is 7.45. The topological polar surface area (TPSA) is 76.7 Å². The van der Waals surface area contributed by atoms with Gasteiger partial charge in [-0.15, -0.1) is 0 Å². The van der Waals surface area contributed by atoms with Crippen molar-refractivity contribution >= 4 is 12.2 Å². The van der Waals surface area contributed by atoms with Crippen molar-refractivity contribution in [3.05, 3.63) is 71.8 Å². The molecule has 0 spiro atoms. The smallest absolute Gasteiger partial charge is 0.426 e. The maximum absolute atomic E-state index is 11.9. The van der Waals surface area contributed by atoms with Crippen LogP contribution in [0.5, 0.6) is 0 Å². The molecule has 1 atom stereocenters. The summed E-state index contributed by atoms with van der Waals surface area (Å²) >= 11 is 0. The lowest BCUT2D eigenvalue weighted by Gasteiger charge is -2.25. The third-order valence-electron chi connectivity index (χ3n) is 4.03. The van der Waals surface area contributed by atoms with Gasteiger partial charge in [-0.3, -0.25) is 0 Å². The van der Waals surface area contributed by atoms with Crippen LogP contribution in [0.1, 0.15) is 31.9 Å². The Morgan fingerprint density at radius 2 is 1.43 bits per heavy atom. The molecule has 0 aliphatic heterocycles. The first-order chi connectivity index (χ1) is 13.3. The van der Waals surface area contributed by atoms with E-state index in [0.29, 0.717) is 6.42 Å². The molecule has 2 N–H and O–H groups in total. The van der Waals surface area contributed by atoms with Crippen molar-refractivity contribution in [1.29, 1.82) is 0 Å². The molecule has 2 aromatic rings. The quantitative estimate of drug-likeness (QED) is 0.700. The van der Waals surface area contributed by atoms with Gasteiger partial charge in [0, 0.05) is 6.42 Å². The Bertz CT molecular complexity index is 748. The SMILES string of the molecule is CC(COC(=O)NNC(=O)OC(C)(C)Cc1ccccc1)Cc1ccccc1. The minimum atomic E-state index is -0.741. The molecule has 1 unspecified atom stereocenters. The molecule has 6 nitrogen and oxygen atoms in total. The molecule has 0 heterocycles. The molecular formula is C22H28N2O4. The molecule has 150 valence electrons. The first-order valence-electron chi connectivity index (χ1n) is 9.34. The van der Waals surface area contributed by atoms with Crippen LogP contribution in [0.4, 0.5) is 9.59 Å². The predicted octanol–water partition coefficient (Wildman–Crippen LogP) is 4.25. The summed E-state index contributed by atoms with van der Waals surface area (Å²) in [5, 5.41) is 0. The molecule has 0 radical (unpaired) electrons. The highest BCUT2D eigenvalue weighted by Gasteiger charge is 2.23. The van der Waals surface area contributed by atoms with E-state index in [-0.39, 0.29) is 12.5 Å². The van der Waals surface area contributed by atoms with E-state index in [0.717, 1.165) is 12.0 Å². The second-order valence-corrected chi connectivity index (χ2v) is 7.45. The summed E-state index contributed by atoms with van der Waals surface area (Å²) in [5.41, 5.74) is 5.93. The Morgan fingerprint density at radius 3 is 2.04 bits per heavy atom. The summed E-state index contributed by atoms with van der Waals surface area (Å²) in [7, 11) is 0. The molecule has 0 saturated carbocycles. The van der Waals surface area contributed by atoms with Gasteiger partial charge in [0.1, 0.15) is 5.60 Å². The number of hydrogen-bond acceptors (Lipinski definition) is 4. The first kappa shape index (κ1) is 21.3. The fourth-order valence-electron chi connectivity index (χ4n) is 2.83. The fraction of sp³-hybridized carbons (Fsp3) is 0.364. The summed E-state index contributed by atoms with van der Waals surface area (Å²) in [4.78, 5) is 23.7. The van der Waals surface area contributed by atoms with Crippen LogP contribution in [-0.4, -0.2) is 24.4 Å². The van der Waals surface area contributed by atoms with Gasteiger partial charge in [-0.2, -0.15) is 0 Å². The largest absolute Gasteiger partial charge is 0.448 e. The Balaban J connectivity index is 1.66. The van der Waals surface area contributed by atoms with Gasteiger partial charge in [-0.05, 0) is 37.3 Å². The number of ether oxygens (including phenoxy) is 2. The molecule has 0 aliphatic rings. The first-order valence-corrected chi connectivity index (χ1v) is 9.34. The number of benzene rings is 2. The summed E-state index contributed by atoms with van der Waals surface area (Å²) < 4.78 is 10.5.